The lowest BCUT2D eigenvalue weighted by Gasteiger charge is -2.15. The van der Waals surface area contributed by atoms with E-state index in [-0.39, 0.29) is 23.7 Å². The van der Waals surface area contributed by atoms with Gasteiger partial charge in [-0.3, -0.25) is 4.79 Å². The van der Waals surface area contributed by atoms with Crippen LogP contribution < -0.4 is 14.8 Å². The summed E-state index contributed by atoms with van der Waals surface area (Å²) >= 11 is 0. The van der Waals surface area contributed by atoms with Gasteiger partial charge in [-0.15, -0.1) is 0 Å². The summed E-state index contributed by atoms with van der Waals surface area (Å²) in [5, 5.41) is 2.59. The van der Waals surface area contributed by atoms with Crippen LogP contribution in [0.25, 0.3) is 0 Å². The lowest BCUT2D eigenvalue weighted by atomic mass is 10.2. The molecule has 0 aromatic heterocycles. The molecule has 2 rings (SSSR count). The first-order valence-corrected chi connectivity index (χ1v) is 7.82. The van der Waals surface area contributed by atoms with Crippen molar-refractivity contribution in [3.8, 4) is 11.5 Å². The average Bonchev–Trinajstić information content (AvgIpc) is 2.59. The molecule has 9 heteroatoms. The van der Waals surface area contributed by atoms with Crippen molar-refractivity contribution in [1.82, 2.24) is 5.32 Å². The number of amides is 1. The standard InChI is InChI=1S/C18H16F5NO3/c1-11(9-26-16-7-4-13(19)8-15(16)20)24-17(25)12-2-5-14(6-3-12)27-10-18(21,22)23/h2-8,11H,9-10H2,1H3,(H,24,25). The maximum atomic E-state index is 13.5. The van der Waals surface area contributed by atoms with Gasteiger partial charge in [-0.1, -0.05) is 0 Å². The maximum absolute atomic E-state index is 13.5. The molecule has 0 saturated carbocycles. The van der Waals surface area contributed by atoms with Crippen LogP contribution in [0.5, 0.6) is 11.5 Å². The zero-order valence-electron chi connectivity index (χ0n) is 14.1. The van der Waals surface area contributed by atoms with E-state index in [1.54, 1.807) is 6.92 Å². The van der Waals surface area contributed by atoms with Gasteiger partial charge in [0.2, 0.25) is 0 Å². The molecule has 0 fully saturated rings. The highest BCUT2D eigenvalue weighted by atomic mass is 19.4. The molecule has 0 saturated heterocycles. The molecular formula is C18H16F5NO3. The normalized spacial score (nSPS) is 12.4. The Morgan fingerprint density at radius 3 is 2.33 bits per heavy atom. The molecule has 1 amide bonds. The highest BCUT2D eigenvalue weighted by Gasteiger charge is 2.28. The number of halogens is 5. The summed E-state index contributed by atoms with van der Waals surface area (Å²) in [6.45, 7) is 0.119. The molecule has 4 nitrogen and oxygen atoms in total. The summed E-state index contributed by atoms with van der Waals surface area (Å²) in [7, 11) is 0. The van der Waals surface area contributed by atoms with Gasteiger partial charge in [0.1, 0.15) is 18.2 Å². The highest BCUT2D eigenvalue weighted by molar-refractivity contribution is 5.94. The van der Waals surface area contributed by atoms with Crippen molar-refractivity contribution in [2.24, 2.45) is 0 Å². The van der Waals surface area contributed by atoms with Crippen molar-refractivity contribution < 1.29 is 36.2 Å². The van der Waals surface area contributed by atoms with Gasteiger partial charge in [-0.05, 0) is 43.3 Å². The number of nitrogens with one attached hydrogen (secondary N) is 1. The maximum Gasteiger partial charge on any atom is 0.422 e. The predicted molar refractivity (Wildman–Crippen MR) is 86.8 cm³/mol. The Bertz CT molecular complexity index is 778. The fourth-order valence-corrected chi connectivity index (χ4v) is 2.02. The number of ether oxygens (including phenoxy) is 2. The van der Waals surface area contributed by atoms with Crippen molar-refractivity contribution in [2.45, 2.75) is 19.1 Å². The van der Waals surface area contributed by atoms with Crippen LogP contribution >= 0.6 is 0 Å². The molecule has 0 spiro atoms. The summed E-state index contributed by atoms with van der Waals surface area (Å²) in [6.07, 6.45) is -4.45. The summed E-state index contributed by atoms with van der Waals surface area (Å²) < 4.78 is 72.3. The molecule has 27 heavy (non-hydrogen) atoms. The van der Waals surface area contributed by atoms with Crippen molar-refractivity contribution >= 4 is 5.91 Å². The van der Waals surface area contributed by atoms with Crippen LogP contribution in [-0.2, 0) is 0 Å². The van der Waals surface area contributed by atoms with E-state index in [0.717, 1.165) is 12.1 Å². The van der Waals surface area contributed by atoms with E-state index < -0.39 is 36.4 Å². The molecule has 0 aliphatic heterocycles. The van der Waals surface area contributed by atoms with Crippen LogP contribution in [0.3, 0.4) is 0 Å². The predicted octanol–water partition coefficient (Wildman–Crippen LogP) is 4.10. The molecule has 0 radical (unpaired) electrons. The van der Waals surface area contributed by atoms with Crippen molar-refractivity contribution in [2.75, 3.05) is 13.2 Å². The van der Waals surface area contributed by atoms with Crippen molar-refractivity contribution in [3.63, 3.8) is 0 Å². The molecule has 1 unspecified atom stereocenters. The SMILES string of the molecule is CC(COc1ccc(F)cc1F)NC(=O)c1ccc(OCC(F)(F)F)cc1. The second-order valence-corrected chi connectivity index (χ2v) is 5.69. The van der Waals surface area contributed by atoms with Gasteiger partial charge in [-0.25, -0.2) is 8.78 Å². The number of hydrogen-bond acceptors (Lipinski definition) is 3. The Labute approximate surface area is 151 Å². The topological polar surface area (TPSA) is 47.6 Å². The number of rotatable bonds is 7. The molecule has 146 valence electrons. The van der Waals surface area contributed by atoms with Gasteiger partial charge >= 0.3 is 6.18 Å². The average molecular weight is 389 g/mol. The molecule has 0 bridgehead atoms. The van der Waals surface area contributed by atoms with Crippen LogP contribution in [0.2, 0.25) is 0 Å². The first kappa shape index (κ1) is 20.5. The molecule has 0 aliphatic carbocycles. The van der Waals surface area contributed by atoms with Gasteiger partial charge in [0.15, 0.2) is 18.2 Å². The molecule has 2 aromatic carbocycles. The number of benzene rings is 2. The van der Waals surface area contributed by atoms with Gasteiger partial charge in [-0.2, -0.15) is 13.2 Å². The smallest absolute Gasteiger partial charge is 0.422 e. The zero-order valence-corrected chi connectivity index (χ0v) is 14.1. The van der Waals surface area contributed by atoms with Crippen molar-refractivity contribution in [1.29, 1.82) is 0 Å². The Morgan fingerprint density at radius 1 is 1.07 bits per heavy atom. The number of carbonyl (C=O) groups excluding carboxylic acids is 1. The van der Waals surface area contributed by atoms with Gasteiger partial charge in [0, 0.05) is 11.6 Å². The van der Waals surface area contributed by atoms with E-state index in [9.17, 15) is 26.7 Å². The van der Waals surface area contributed by atoms with Gasteiger partial charge in [0.25, 0.3) is 5.91 Å². The van der Waals surface area contributed by atoms with Crippen LogP contribution in [-0.4, -0.2) is 31.3 Å². The Hall–Kier alpha value is -2.84. The van der Waals surface area contributed by atoms with Crippen LogP contribution in [0.15, 0.2) is 42.5 Å². The Kier molecular flexibility index (Phi) is 6.59. The summed E-state index contributed by atoms with van der Waals surface area (Å²) in [6, 6.07) is 7.47. The van der Waals surface area contributed by atoms with Gasteiger partial charge in [0.05, 0.1) is 6.04 Å². The second-order valence-electron chi connectivity index (χ2n) is 5.69. The Balaban J connectivity index is 1.84. The lowest BCUT2D eigenvalue weighted by molar-refractivity contribution is -0.153. The largest absolute Gasteiger partial charge is 0.488 e. The third kappa shape index (κ3) is 6.76. The molecule has 1 atom stereocenters. The minimum Gasteiger partial charge on any atom is -0.488 e. The van der Waals surface area contributed by atoms with E-state index >= 15 is 0 Å². The van der Waals surface area contributed by atoms with Crippen LogP contribution in [0, 0.1) is 11.6 Å². The van der Waals surface area contributed by atoms with Crippen LogP contribution in [0.1, 0.15) is 17.3 Å². The van der Waals surface area contributed by atoms with E-state index in [2.05, 4.69) is 10.1 Å². The zero-order chi connectivity index (χ0) is 20.0. The summed E-state index contributed by atoms with van der Waals surface area (Å²) in [4.78, 5) is 12.1. The summed E-state index contributed by atoms with van der Waals surface area (Å²) in [5.74, 6) is -2.25. The number of hydrogen-bond donors (Lipinski definition) is 1. The molecule has 2 aromatic rings. The lowest BCUT2D eigenvalue weighted by Crippen LogP contribution is -2.36. The minimum absolute atomic E-state index is 0.0213. The first-order valence-electron chi connectivity index (χ1n) is 7.82. The van der Waals surface area contributed by atoms with E-state index in [4.69, 9.17) is 4.74 Å². The highest BCUT2D eigenvalue weighted by Crippen LogP contribution is 2.19. The molecular weight excluding hydrogens is 373 g/mol. The monoisotopic (exact) mass is 389 g/mol. The quantitative estimate of drug-likeness (QED) is 0.726. The fourth-order valence-electron chi connectivity index (χ4n) is 2.02. The van der Waals surface area contributed by atoms with E-state index in [1.165, 1.54) is 24.3 Å². The van der Waals surface area contributed by atoms with Gasteiger partial charge < -0.3 is 14.8 Å². The Morgan fingerprint density at radius 2 is 1.74 bits per heavy atom. The molecule has 1 N–H and O–H groups in total. The minimum atomic E-state index is -4.45. The van der Waals surface area contributed by atoms with Crippen molar-refractivity contribution in [3.05, 3.63) is 59.7 Å². The fraction of sp³-hybridized carbons (Fsp3) is 0.278. The summed E-state index contributed by atoms with van der Waals surface area (Å²) in [5.41, 5.74) is 0.203. The third-order valence-electron chi connectivity index (χ3n) is 3.28. The third-order valence-corrected chi connectivity index (χ3v) is 3.28. The first-order chi connectivity index (χ1) is 12.6. The number of alkyl halides is 3. The van der Waals surface area contributed by atoms with E-state index in [1.807, 2.05) is 0 Å². The molecule has 0 aliphatic rings. The van der Waals surface area contributed by atoms with Crippen LogP contribution in [0.4, 0.5) is 22.0 Å². The second kappa shape index (κ2) is 8.70. The van der Waals surface area contributed by atoms with E-state index in [0.29, 0.717) is 6.07 Å². The number of carbonyl (C=O) groups is 1. The molecule has 0 heterocycles.